The molecule has 5 rings (SSSR count). The normalized spacial score (nSPS) is 44.1. The van der Waals surface area contributed by atoms with Crippen LogP contribution in [0.5, 0.6) is 0 Å². The molecule has 0 nitrogen and oxygen atoms in total. The summed E-state index contributed by atoms with van der Waals surface area (Å²) in [6.07, 6.45) is 30.9. The van der Waals surface area contributed by atoms with Crippen LogP contribution in [0.15, 0.2) is 12.2 Å². The Kier molecular flexibility index (Phi) is 6.40. The maximum absolute atomic E-state index is 2.67. The average Bonchev–Trinajstić information content (AvgIpc) is 2.64. The highest BCUT2D eigenvalue weighted by molar-refractivity contribution is 5.19. The van der Waals surface area contributed by atoms with Gasteiger partial charge in [-0.3, -0.25) is 0 Å². The van der Waals surface area contributed by atoms with Gasteiger partial charge in [-0.1, -0.05) is 58.1 Å². The van der Waals surface area contributed by atoms with Gasteiger partial charge in [0.2, 0.25) is 0 Å². The van der Waals surface area contributed by atoms with Crippen LogP contribution in [0.25, 0.3) is 0 Å². The maximum atomic E-state index is 2.67. The van der Waals surface area contributed by atoms with Gasteiger partial charge in [0, 0.05) is 0 Å². The first-order valence-electron chi connectivity index (χ1n) is 12.9. The molecule has 0 radical (unpaired) electrons. The van der Waals surface area contributed by atoms with Gasteiger partial charge < -0.3 is 0 Å². The minimum atomic E-state index is 0.847. The first kappa shape index (κ1) is 20.0. The molecule has 0 aromatic carbocycles. The number of unbranched alkanes of at least 4 members (excludes halogenated alkanes) is 2. The van der Waals surface area contributed by atoms with Crippen molar-refractivity contribution >= 4 is 0 Å². The van der Waals surface area contributed by atoms with E-state index < -0.39 is 0 Å². The second-order valence-corrected chi connectivity index (χ2v) is 11.4. The summed E-state index contributed by atoms with van der Waals surface area (Å²) in [5.74, 6) is 3.98. The van der Waals surface area contributed by atoms with Crippen LogP contribution in [0.2, 0.25) is 0 Å². The Labute approximate surface area is 170 Å². The predicted octanol–water partition coefficient (Wildman–Crippen LogP) is 8.71. The smallest absolute Gasteiger partial charge is 0.0233 e. The Morgan fingerprint density at radius 1 is 0.704 bits per heavy atom. The van der Waals surface area contributed by atoms with Crippen LogP contribution in [0.3, 0.4) is 0 Å². The molecule has 2 bridgehead atoms. The third-order valence-corrected chi connectivity index (χ3v) is 9.36. The summed E-state index contributed by atoms with van der Waals surface area (Å²) in [6, 6.07) is 0. The summed E-state index contributed by atoms with van der Waals surface area (Å²) >= 11 is 0. The summed E-state index contributed by atoms with van der Waals surface area (Å²) < 4.78 is 0. The number of hydrogen-bond acceptors (Lipinski definition) is 0. The maximum Gasteiger partial charge on any atom is -0.0233 e. The van der Waals surface area contributed by atoms with Crippen LogP contribution in [0.1, 0.15) is 123 Å². The molecule has 0 unspecified atom stereocenters. The molecule has 0 N–H and O–H groups in total. The molecule has 5 fully saturated rings. The van der Waals surface area contributed by atoms with Crippen LogP contribution in [-0.4, -0.2) is 0 Å². The van der Waals surface area contributed by atoms with Gasteiger partial charge in [-0.2, -0.15) is 0 Å². The van der Waals surface area contributed by atoms with Crippen LogP contribution < -0.4 is 0 Å². The first-order chi connectivity index (χ1) is 13.2. The Bertz CT molecular complexity index is 464. The zero-order valence-corrected chi connectivity index (χ0v) is 18.5. The third-order valence-electron chi connectivity index (χ3n) is 9.36. The van der Waals surface area contributed by atoms with E-state index >= 15 is 0 Å². The summed E-state index contributed by atoms with van der Waals surface area (Å²) in [6.45, 7) is 4.70. The van der Waals surface area contributed by atoms with Crippen molar-refractivity contribution in [3.8, 4) is 0 Å². The van der Waals surface area contributed by atoms with Gasteiger partial charge in [-0.05, 0) is 112 Å². The van der Waals surface area contributed by atoms with Gasteiger partial charge in [-0.25, -0.2) is 0 Å². The van der Waals surface area contributed by atoms with Crippen molar-refractivity contribution in [2.24, 2.45) is 34.5 Å². The van der Waals surface area contributed by atoms with Crippen molar-refractivity contribution in [1.29, 1.82) is 0 Å². The van der Waals surface area contributed by atoms with E-state index in [1.165, 1.54) is 77.0 Å². The summed E-state index contributed by atoms with van der Waals surface area (Å²) in [7, 11) is 0. The molecule has 0 heteroatoms. The fraction of sp³-hybridized carbons (Fsp3) is 0.926. The standard InChI is InChI=1S/C27H46/c1-3-5-6-7-22-8-10-23(11-9-22)12-13-24-14-16-25(17-15-24)27-19-26(20-27,21-27)18-4-2/h12-13,22-25H,3-11,14-21H2,1-2H3/b13-12-. The molecule has 0 heterocycles. The van der Waals surface area contributed by atoms with Crippen molar-refractivity contribution in [3.05, 3.63) is 12.2 Å². The molecule has 5 aliphatic carbocycles. The fourth-order valence-electron chi connectivity index (χ4n) is 7.90. The molecule has 5 saturated carbocycles. The van der Waals surface area contributed by atoms with Crippen LogP contribution in [-0.2, 0) is 0 Å². The summed E-state index contributed by atoms with van der Waals surface area (Å²) in [5, 5.41) is 0. The Hall–Kier alpha value is -0.260. The highest BCUT2D eigenvalue weighted by atomic mass is 14.7. The van der Waals surface area contributed by atoms with Gasteiger partial charge in [0.15, 0.2) is 0 Å². The van der Waals surface area contributed by atoms with Crippen molar-refractivity contribution in [1.82, 2.24) is 0 Å². The van der Waals surface area contributed by atoms with Crippen LogP contribution in [0.4, 0.5) is 0 Å². The van der Waals surface area contributed by atoms with E-state index in [1.807, 2.05) is 0 Å². The van der Waals surface area contributed by atoms with Crippen molar-refractivity contribution < 1.29 is 0 Å². The molecular formula is C27H46. The minimum Gasteiger partial charge on any atom is -0.0851 e. The molecule has 0 aromatic heterocycles. The zero-order chi connectivity index (χ0) is 18.7. The van der Waals surface area contributed by atoms with E-state index in [-0.39, 0.29) is 0 Å². The second-order valence-electron chi connectivity index (χ2n) is 11.4. The van der Waals surface area contributed by atoms with Crippen molar-refractivity contribution in [2.45, 2.75) is 123 Å². The van der Waals surface area contributed by atoms with E-state index in [9.17, 15) is 0 Å². The monoisotopic (exact) mass is 370 g/mol. The predicted molar refractivity (Wildman–Crippen MR) is 118 cm³/mol. The lowest BCUT2D eigenvalue weighted by atomic mass is 9.30. The van der Waals surface area contributed by atoms with Gasteiger partial charge in [-0.15, -0.1) is 0 Å². The van der Waals surface area contributed by atoms with Crippen molar-refractivity contribution in [3.63, 3.8) is 0 Å². The van der Waals surface area contributed by atoms with E-state index in [4.69, 9.17) is 0 Å². The van der Waals surface area contributed by atoms with E-state index in [1.54, 1.807) is 32.1 Å². The second kappa shape index (κ2) is 8.62. The molecule has 0 amide bonds. The van der Waals surface area contributed by atoms with Crippen LogP contribution >= 0.6 is 0 Å². The Morgan fingerprint density at radius 2 is 1.30 bits per heavy atom. The Morgan fingerprint density at radius 3 is 1.85 bits per heavy atom. The number of allylic oxidation sites excluding steroid dienone is 2. The average molecular weight is 371 g/mol. The molecule has 154 valence electrons. The molecule has 0 spiro atoms. The number of rotatable bonds is 9. The molecule has 0 aromatic rings. The third kappa shape index (κ3) is 4.35. The first-order valence-corrected chi connectivity index (χ1v) is 12.9. The van der Waals surface area contributed by atoms with E-state index in [0.717, 1.165) is 34.5 Å². The van der Waals surface area contributed by atoms with Gasteiger partial charge in [0.1, 0.15) is 0 Å². The fourth-order valence-corrected chi connectivity index (χ4v) is 7.90. The summed E-state index contributed by atoms with van der Waals surface area (Å²) in [4.78, 5) is 0. The van der Waals surface area contributed by atoms with Gasteiger partial charge in [0.05, 0.1) is 0 Å². The largest absolute Gasteiger partial charge is 0.0851 e. The van der Waals surface area contributed by atoms with Gasteiger partial charge >= 0.3 is 0 Å². The lowest BCUT2D eigenvalue weighted by Crippen LogP contribution is -2.64. The molecule has 5 aliphatic rings. The SMILES string of the molecule is CCCCCC1CCC(/C=C\C2CCC(C34CC(CCC)(C3)C4)CC2)CC1. The highest BCUT2D eigenvalue weighted by Gasteiger charge is 2.68. The topological polar surface area (TPSA) is 0 Å². The van der Waals surface area contributed by atoms with Gasteiger partial charge in [0.25, 0.3) is 0 Å². The molecule has 0 saturated heterocycles. The number of hydrogen-bond donors (Lipinski definition) is 0. The molecule has 0 atom stereocenters. The molecule has 0 aliphatic heterocycles. The zero-order valence-electron chi connectivity index (χ0n) is 18.5. The highest BCUT2D eigenvalue weighted by Crippen LogP contribution is 2.79. The summed E-state index contributed by atoms with van der Waals surface area (Å²) in [5.41, 5.74) is 1.70. The van der Waals surface area contributed by atoms with E-state index in [2.05, 4.69) is 26.0 Å². The molecular weight excluding hydrogens is 324 g/mol. The quantitative estimate of drug-likeness (QED) is 0.281. The van der Waals surface area contributed by atoms with E-state index in [0.29, 0.717) is 0 Å². The Balaban J connectivity index is 1.13. The van der Waals surface area contributed by atoms with Crippen LogP contribution in [0, 0.1) is 34.5 Å². The lowest BCUT2D eigenvalue weighted by molar-refractivity contribution is -0.245. The lowest BCUT2D eigenvalue weighted by Gasteiger charge is -2.75. The minimum absolute atomic E-state index is 0.847. The molecule has 27 heavy (non-hydrogen) atoms. The van der Waals surface area contributed by atoms with Crippen molar-refractivity contribution in [2.75, 3.05) is 0 Å².